The van der Waals surface area contributed by atoms with Gasteiger partial charge in [-0.25, -0.2) is 0 Å². The summed E-state index contributed by atoms with van der Waals surface area (Å²) in [5.41, 5.74) is 2.42. The van der Waals surface area contributed by atoms with Crippen molar-refractivity contribution < 1.29 is 0 Å². The molecule has 1 heterocycles. The number of aromatic amines is 2. The van der Waals surface area contributed by atoms with Crippen LogP contribution in [0, 0.1) is 4.77 Å². The minimum absolute atomic E-state index is 0.0947. The largest absolute Gasteiger partial charge is 0.335 e. The molecular weight excluding hydrogens is 268 g/mol. The summed E-state index contributed by atoms with van der Waals surface area (Å²) in [6.45, 7) is 8.25. The quantitative estimate of drug-likeness (QED) is 0.842. The summed E-state index contributed by atoms with van der Waals surface area (Å²) in [5, 5.41) is 0. The van der Waals surface area contributed by atoms with Crippen LogP contribution in [0.2, 0.25) is 0 Å². The second kappa shape index (κ2) is 5.37. The second-order valence-electron chi connectivity index (χ2n) is 5.84. The van der Waals surface area contributed by atoms with Gasteiger partial charge in [0.15, 0.2) is 4.77 Å². The lowest BCUT2D eigenvalue weighted by Gasteiger charge is -2.28. The molecule has 0 saturated carbocycles. The van der Waals surface area contributed by atoms with Gasteiger partial charge < -0.3 is 4.98 Å². The summed E-state index contributed by atoms with van der Waals surface area (Å²) < 4.78 is 0.374. The molecule has 3 nitrogen and oxygen atoms in total. The Balaban J connectivity index is 2.75. The van der Waals surface area contributed by atoms with Gasteiger partial charge in [0, 0.05) is 16.7 Å². The summed E-state index contributed by atoms with van der Waals surface area (Å²) in [6.07, 6.45) is 0. The first kappa shape index (κ1) is 14.7. The third kappa shape index (κ3) is 2.61. The smallest absolute Gasteiger partial charge is 0.255 e. The van der Waals surface area contributed by atoms with Crippen LogP contribution in [0.1, 0.15) is 50.4 Å². The highest BCUT2D eigenvalue weighted by molar-refractivity contribution is 7.71. The van der Waals surface area contributed by atoms with Crippen LogP contribution in [0.3, 0.4) is 0 Å². The SMILES string of the molecule is CC(C)c1c(C(C)(C)c2ccccc2)[nH]c(=S)[nH]c1=O. The Hall–Kier alpha value is -1.68. The lowest BCUT2D eigenvalue weighted by atomic mass is 9.78. The zero-order valence-corrected chi connectivity index (χ0v) is 13.1. The molecule has 0 amide bonds. The van der Waals surface area contributed by atoms with Crippen molar-refractivity contribution in [3.8, 4) is 0 Å². The van der Waals surface area contributed by atoms with Gasteiger partial charge in [0.05, 0.1) is 0 Å². The van der Waals surface area contributed by atoms with E-state index >= 15 is 0 Å². The van der Waals surface area contributed by atoms with Crippen LogP contribution in [0.5, 0.6) is 0 Å². The van der Waals surface area contributed by atoms with Gasteiger partial charge >= 0.3 is 0 Å². The molecule has 2 aromatic rings. The highest BCUT2D eigenvalue weighted by Gasteiger charge is 2.29. The van der Waals surface area contributed by atoms with Gasteiger partial charge in [0.25, 0.3) is 5.56 Å². The fourth-order valence-corrected chi connectivity index (χ4v) is 2.73. The molecule has 20 heavy (non-hydrogen) atoms. The summed E-state index contributed by atoms with van der Waals surface area (Å²) in [6, 6.07) is 10.1. The van der Waals surface area contributed by atoms with Gasteiger partial charge in [-0.3, -0.25) is 9.78 Å². The van der Waals surface area contributed by atoms with E-state index in [0.717, 1.165) is 16.8 Å². The molecule has 0 unspecified atom stereocenters. The maximum Gasteiger partial charge on any atom is 0.255 e. The van der Waals surface area contributed by atoms with Crippen LogP contribution in [-0.4, -0.2) is 9.97 Å². The molecule has 2 rings (SSSR count). The molecule has 0 bridgehead atoms. The number of hydrogen-bond acceptors (Lipinski definition) is 2. The Morgan fingerprint density at radius 2 is 1.70 bits per heavy atom. The Bertz CT molecular complexity index is 711. The Morgan fingerprint density at radius 3 is 2.25 bits per heavy atom. The van der Waals surface area contributed by atoms with Crippen molar-refractivity contribution in [3.63, 3.8) is 0 Å². The molecule has 4 heteroatoms. The molecule has 0 aliphatic rings. The van der Waals surface area contributed by atoms with Crippen molar-refractivity contribution in [1.82, 2.24) is 9.97 Å². The van der Waals surface area contributed by atoms with Gasteiger partial charge in [0.2, 0.25) is 0 Å². The third-order valence-electron chi connectivity index (χ3n) is 3.68. The predicted molar refractivity (Wildman–Crippen MR) is 84.9 cm³/mol. The summed E-state index contributed by atoms with van der Waals surface area (Å²) in [5.74, 6) is 0.128. The molecule has 1 aromatic carbocycles. The predicted octanol–water partition coefficient (Wildman–Crippen LogP) is 3.88. The van der Waals surface area contributed by atoms with Crippen molar-refractivity contribution in [1.29, 1.82) is 0 Å². The first-order valence-corrected chi connectivity index (χ1v) is 7.17. The second-order valence-corrected chi connectivity index (χ2v) is 6.25. The zero-order chi connectivity index (χ0) is 14.9. The van der Waals surface area contributed by atoms with E-state index in [0.29, 0.717) is 4.77 Å². The van der Waals surface area contributed by atoms with Crippen molar-refractivity contribution in [2.75, 3.05) is 0 Å². The lowest BCUT2D eigenvalue weighted by Crippen LogP contribution is -2.29. The summed E-state index contributed by atoms with van der Waals surface area (Å²) >= 11 is 5.14. The molecule has 0 aliphatic heterocycles. The Kier molecular flexibility index (Phi) is 3.95. The summed E-state index contributed by atoms with van der Waals surface area (Å²) in [4.78, 5) is 18.1. The van der Waals surface area contributed by atoms with Gasteiger partial charge in [-0.15, -0.1) is 0 Å². The van der Waals surface area contributed by atoms with E-state index in [1.54, 1.807) is 0 Å². The monoisotopic (exact) mass is 288 g/mol. The number of hydrogen-bond donors (Lipinski definition) is 2. The van der Waals surface area contributed by atoms with E-state index in [-0.39, 0.29) is 16.9 Å². The molecule has 0 spiro atoms. The minimum atomic E-state index is -0.303. The highest BCUT2D eigenvalue weighted by atomic mass is 32.1. The number of H-pyrrole nitrogens is 2. The van der Waals surface area contributed by atoms with E-state index in [1.807, 2.05) is 32.0 Å². The van der Waals surface area contributed by atoms with Crippen LogP contribution >= 0.6 is 12.2 Å². The zero-order valence-electron chi connectivity index (χ0n) is 12.3. The average Bonchev–Trinajstić information content (AvgIpc) is 2.38. The van der Waals surface area contributed by atoms with Gasteiger partial charge in [0.1, 0.15) is 0 Å². The highest BCUT2D eigenvalue weighted by Crippen LogP contribution is 2.33. The molecule has 106 valence electrons. The maximum absolute atomic E-state index is 12.2. The normalized spacial score (nSPS) is 11.8. The molecule has 0 aliphatic carbocycles. The lowest BCUT2D eigenvalue weighted by molar-refractivity contribution is 0.590. The van der Waals surface area contributed by atoms with E-state index in [4.69, 9.17) is 12.2 Å². The van der Waals surface area contributed by atoms with Crippen molar-refractivity contribution >= 4 is 12.2 Å². The number of aromatic nitrogens is 2. The molecule has 0 fully saturated rings. The summed E-state index contributed by atoms with van der Waals surface area (Å²) in [7, 11) is 0. The van der Waals surface area contributed by atoms with E-state index in [1.165, 1.54) is 0 Å². The van der Waals surface area contributed by atoms with Crippen LogP contribution in [-0.2, 0) is 5.41 Å². The number of nitrogens with one attached hydrogen (secondary N) is 2. The number of benzene rings is 1. The molecule has 0 saturated heterocycles. The molecule has 1 aromatic heterocycles. The van der Waals surface area contributed by atoms with Crippen LogP contribution in [0.15, 0.2) is 35.1 Å². The topological polar surface area (TPSA) is 48.6 Å². The van der Waals surface area contributed by atoms with Crippen LogP contribution in [0.4, 0.5) is 0 Å². The van der Waals surface area contributed by atoms with Crippen LogP contribution < -0.4 is 5.56 Å². The van der Waals surface area contributed by atoms with E-state index in [2.05, 4.69) is 35.9 Å². The Labute approximate surface area is 124 Å². The first-order valence-electron chi connectivity index (χ1n) is 6.76. The molecular formula is C16H20N2OS. The van der Waals surface area contributed by atoms with E-state index < -0.39 is 0 Å². The third-order valence-corrected chi connectivity index (χ3v) is 3.88. The van der Waals surface area contributed by atoms with Gasteiger partial charge in [-0.1, -0.05) is 58.0 Å². The molecule has 0 atom stereocenters. The minimum Gasteiger partial charge on any atom is -0.335 e. The Morgan fingerprint density at radius 1 is 1.10 bits per heavy atom. The van der Waals surface area contributed by atoms with Crippen LogP contribution in [0.25, 0.3) is 0 Å². The van der Waals surface area contributed by atoms with Crippen molar-refractivity contribution in [2.45, 2.75) is 39.0 Å². The average molecular weight is 288 g/mol. The van der Waals surface area contributed by atoms with Crippen molar-refractivity contribution in [3.05, 3.63) is 62.3 Å². The maximum atomic E-state index is 12.2. The fraction of sp³-hybridized carbons (Fsp3) is 0.375. The van der Waals surface area contributed by atoms with Crippen molar-refractivity contribution in [2.24, 2.45) is 0 Å². The van der Waals surface area contributed by atoms with Gasteiger partial charge in [-0.2, -0.15) is 0 Å². The molecule has 2 N–H and O–H groups in total. The standard InChI is InChI=1S/C16H20N2OS/c1-10(2)12-13(17-15(20)18-14(12)19)16(3,4)11-8-6-5-7-9-11/h5-10H,1-4H3,(H2,17,18,19,20). The molecule has 0 radical (unpaired) electrons. The first-order chi connectivity index (χ1) is 9.34. The van der Waals surface area contributed by atoms with E-state index in [9.17, 15) is 4.79 Å². The van der Waals surface area contributed by atoms with Gasteiger partial charge in [-0.05, 0) is 23.7 Å². The number of rotatable bonds is 3. The fourth-order valence-electron chi connectivity index (χ4n) is 2.54.